The molecule has 37 heavy (non-hydrogen) atoms. The van der Waals surface area contributed by atoms with E-state index in [1.54, 1.807) is 25.6 Å². The number of H-pyrrole nitrogens is 1. The van der Waals surface area contributed by atoms with E-state index in [-0.39, 0.29) is 22.7 Å². The van der Waals surface area contributed by atoms with Crippen LogP contribution in [0, 0.1) is 12.8 Å². The van der Waals surface area contributed by atoms with Gasteiger partial charge in [0, 0.05) is 57.9 Å². The SMILES string of the molecule is CCCO[C@H]1CN(c2nc(-c3nccn3CCOC)c(C(=O)O)s2)CC[C@H]1CC(=O)c1cc(Cl)c(C)[nH]1. The van der Waals surface area contributed by atoms with Gasteiger partial charge in [-0.15, -0.1) is 0 Å². The number of imidazole rings is 1. The van der Waals surface area contributed by atoms with Crippen molar-refractivity contribution in [3.05, 3.63) is 39.7 Å². The third kappa shape index (κ3) is 6.23. The molecule has 0 aromatic carbocycles. The smallest absolute Gasteiger partial charge is 0.348 e. The normalized spacial score (nSPS) is 17.9. The van der Waals surface area contributed by atoms with Crippen LogP contribution in [-0.4, -0.2) is 75.9 Å². The monoisotopic (exact) mass is 549 g/mol. The molecular weight excluding hydrogens is 518 g/mol. The fraction of sp³-hybridized carbons (Fsp3) is 0.520. The van der Waals surface area contributed by atoms with Crippen LogP contribution in [0.4, 0.5) is 5.13 Å². The predicted molar refractivity (Wildman–Crippen MR) is 142 cm³/mol. The van der Waals surface area contributed by atoms with Gasteiger partial charge in [0.1, 0.15) is 10.6 Å². The summed E-state index contributed by atoms with van der Waals surface area (Å²) in [5, 5.41) is 11.1. The Hall–Kier alpha value is -2.73. The van der Waals surface area contributed by atoms with E-state index in [0.29, 0.717) is 73.1 Å². The first-order chi connectivity index (χ1) is 17.8. The summed E-state index contributed by atoms with van der Waals surface area (Å²) in [7, 11) is 1.61. The number of methoxy groups -OCH3 is 1. The first-order valence-corrected chi connectivity index (χ1v) is 13.5. The van der Waals surface area contributed by atoms with Gasteiger partial charge in [-0.25, -0.2) is 14.8 Å². The second kappa shape index (κ2) is 12.2. The van der Waals surface area contributed by atoms with Crippen LogP contribution < -0.4 is 4.90 Å². The summed E-state index contributed by atoms with van der Waals surface area (Å²) in [6, 6.07) is 1.68. The minimum absolute atomic E-state index is 0.00569. The number of nitrogens with one attached hydrogen (secondary N) is 1. The maximum absolute atomic E-state index is 13.0. The predicted octanol–water partition coefficient (Wildman–Crippen LogP) is 4.54. The number of halogens is 1. The summed E-state index contributed by atoms with van der Waals surface area (Å²) in [6.45, 7) is 6.63. The molecule has 3 aromatic heterocycles. The van der Waals surface area contributed by atoms with E-state index in [9.17, 15) is 14.7 Å². The highest BCUT2D eigenvalue weighted by Gasteiger charge is 2.34. The van der Waals surface area contributed by atoms with Crippen molar-refractivity contribution in [1.82, 2.24) is 19.5 Å². The van der Waals surface area contributed by atoms with E-state index < -0.39 is 5.97 Å². The number of aromatic nitrogens is 4. The number of carbonyl (C=O) groups excluding carboxylic acids is 1. The molecular formula is C25H32ClN5O5S. The number of anilines is 1. The van der Waals surface area contributed by atoms with Gasteiger partial charge in [-0.3, -0.25) is 4.79 Å². The number of rotatable bonds is 12. The van der Waals surface area contributed by atoms with Gasteiger partial charge in [-0.1, -0.05) is 29.9 Å². The van der Waals surface area contributed by atoms with E-state index in [2.05, 4.69) is 14.9 Å². The Morgan fingerprint density at radius 2 is 2.16 bits per heavy atom. The van der Waals surface area contributed by atoms with Gasteiger partial charge in [0.05, 0.1) is 23.4 Å². The van der Waals surface area contributed by atoms with E-state index in [1.807, 2.05) is 18.4 Å². The van der Waals surface area contributed by atoms with E-state index in [1.165, 1.54) is 0 Å². The average Bonchev–Trinajstić information content (AvgIpc) is 3.60. The van der Waals surface area contributed by atoms with Crippen molar-refractivity contribution < 1.29 is 24.2 Å². The van der Waals surface area contributed by atoms with Gasteiger partial charge >= 0.3 is 5.97 Å². The first-order valence-electron chi connectivity index (χ1n) is 12.3. The first kappa shape index (κ1) is 27.3. The molecule has 0 amide bonds. The summed E-state index contributed by atoms with van der Waals surface area (Å²) < 4.78 is 13.2. The Labute approximate surface area is 224 Å². The molecule has 2 atom stereocenters. The number of aryl methyl sites for hydroxylation is 1. The summed E-state index contributed by atoms with van der Waals surface area (Å²) in [5.74, 6) is -0.509. The van der Waals surface area contributed by atoms with Crippen LogP contribution >= 0.6 is 22.9 Å². The second-order valence-electron chi connectivity index (χ2n) is 9.10. The van der Waals surface area contributed by atoms with Crippen molar-refractivity contribution in [2.45, 2.75) is 45.8 Å². The lowest BCUT2D eigenvalue weighted by Crippen LogP contribution is -2.46. The van der Waals surface area contributed by atoms with Crippen LogP contribution in [0.2, 0.25) is 5.02 Å². The topological polar surface area (TPSA) is 123 Å². The third-order valence-corrected chi connectivity index (χ3v) is 7.97. The molecule has 0 bridgehead atoms. The zero-order valence-corrected chi connectivity index (χ0v) is 22.8. The number of aromatic carboxylic acids is 1. The van der Waals surface area contributed by atoms with Gasteiger partial charge in [-0.2, -0.15) is 0 Å². The standard InChI is InChI=1S/C25H32ClN5O5S/c1-4-10-36-20-14-31(7-5-16(20)12-19(32)18-13-17(26)15(2)28-18)25-29-21(22(37-25)24(33)34)23-27-6-8-30(23)9-11-35-3/h6,8,13,16,20,28H,4-5,7,9-12,14H2,1-3H3,(H,33,34)/t16-,20-/m0/s1. The van der Waals surface area contributed by atoms with Gasteiger partial charge < -0.3 is 29.0 Å². The van der Waals surface area contributed by atoms with Crippen LogP contribution in [0.15, 0.2) is 18.5 Å². The molecule has 3 aromatic rings. The van der Waals surface area contributed by atoms with Crippen molar-refractivity contribution in [1.29, 1.82) is 0 Å². The van der Waals surface area contributed by atoms with Crippen LogP contribution in [0.3, 0.4) is 0 Å². The van der Waals surface area contributed by atoms with E-state index >= 15 is 0 Å². The van der Waals surface area contributed by atoms with Crippen molar-refractivity contribution in [2.75, 3.05) is 38.3 Å². The fourth-order valence-electron chi connectivity index (χ4n) is 4.50. The molecule has 0 unspecified atom stereocenters. The summed E-state index contributed by atoms with van der Waals surface area (Å²) >= 11 is 7.27. The average molecular weight is 550 g/mol. The summed E-state index contributed by atoms with van der Waals surface area (Å²) in [6.07, 6.45) is 5.15. The van der Waals surface area contributed by atoms with E-state index in [0.717, 1.165) is 23.5 Å². The number of piperidine rings is 1. The maximum Gasteiger partial charge on any atom is 0.348 e. The maximum atomic E-state index is 13.0. The lowest BCUT2D eigenvalue weighted by molar-refractivity contribution is 0.00383. The molecule has 1 saturated heterocycles. The molecule has 200 valence electrons. The number of carboxylic acid groups (broad SMARTS) is 1. The number of thiazole rings is 1. The number of aromatic amines is 1. The largest absolute Gasteiger partial charge is 0.477 e. The molecule has 0 aliphatic carbocycles. The van der Waals surface area contributed by atoms with Crippen LogP contribution in [-0.2, 0) is 16.0 Å². The van der Waals surface area contributed by atoms with Gasteiger partial charge in [0.2, 0.25) is 0 Å². The van der Waals surface area contributed by atoms with Crippen molar-refractivity contribution in [3.8, 4) is 11.5 Å². The highest BCUT2D eigenvalue weighted by Crippen LogP contribution is 2.36. The van der Waals surface area contributed by atoms with E-state index in [4.69, 9.17) is 26.1 Å². The lowest BCUT2D eigenvalue weighted by Gasteiger charge is -2.38. The Bertz CT molecular complexity index is 1220. The Morgan fingerprint density at radius 1 is 1.35 bits per heavy atom. The molecule has 10 nitrogen and oxygen atoms in total. The number of hydrogen-bond acceptors (Lipinski definition) is 8. The number of Topliss-reactive ketones (excluding diaryl/α,β-unsaturated/α-hetero) is 1. The molecule has 4 heterocycles. The van der Waals surface area contributed by atoms with Crippen LogP contribution in [0.25, 0.3) is 11.5 Å². The van der Waals surface area contributed by atoms with Crippen molar-refractivity contribution in [2.24, 2.45) is 5.92 Å². The van der Waals surface area contributed by atoms with Crippen LogP contribution in [0.5, 0.6) is 0 Å². The zero-order valence-electron chi connectivity index (χ0n) is 21.2. The number of nitrogens with zero attached hydrogens (tertiary/aromatic N) is 4. The summed E-state index contributed by atoms with van der Waals surface area (Å²) in [4.78, 5) is 39.4. The van der Waals surface area contributed by atoms with Gasteiger partial charge in [0.15, 0.2) is 16.7 Å². The molecule has 12 heteroatoms. The van der Waals surface area contributed by atoms with Crippen molar-refractivity contribution >= 4 is 39.8 Å². The molecule has 4 rings (SSSR count). The molecule has 1 aliphatic rings. The number of carboxylic acids is 1. The number of hydrogen-bond donors (Lipinski definition) is 2. The molecule has 1 fully saturated rings. The summed E-state index contributed by atoms with van der Waals surface area (Å²) in [5.41, 5.74) is 1.63. The Kier molecular flexibility index (Phi) is 9.01. The number of carbonyl (C=O) groups is 2. The number of ketones is 1. The number of ether oxygens (including phenoxy) is 2. The third-order valence-electron chi connectivity index (χ3n) is 6.48. The van der Waals surface area contributed by atoms with Gasteiger partial charge in [0.25, 0.3) is 0 Å². The Balaban J connectivity index is 1.54. The minimum atomic E-state index is -1.04. The fourth-order valence-corrected chi connectivity index (χ4v) is 5.59. The second-order valence-corrected chi connectivity index (χ2v) is 10.5. The highest BCUT2D eigenvalue weighted by molar-refractivity contribution is 7.17. The lowest BCUT2D eigenvalue weighted by atomic mass is 9.88. The quantitative estimate of drug-likeness (QED) is 0.316. The highest BCUT2D eigenvalue weighted by atomic mass is 35.5. The molecule has 0 saturated carbocycles. The van der Waals surface area contributed by atoms with Crippen LogP contribution in [0.1, 0.15) is 52.0 Å². The minimum Gasteiger partial charge on any atom is -0.477 e. The molecule has 1 aliphatic heterocycles. The molecule has 0 radical (unpaired) electrons. The molecule has 2 N–H and O–H groups in total. The zero-order chi connectivity index (χ0) is 26.5. The molecule has 0 spiro atoms. The van der Waals surface area contributed by atoms with Gasteiger partial charge in [-0.05, 0) is 31.7 Å². The Morgan fingerprint density at radius 3 is 2.84 bits per heavy atom. The van der Waals surface area contributed by atoms with Crippen molar-refractivity contribution in [3.63, 3.8) is 0 Å².